The molecule has 1 amide bonds. The number of likely N-dealkylation sites (tertiary alicyclic amines) is 1. The smallest absolute Gasteiger partial charge is 0.411 e. The minimum absolute atomic E-state index is 0.0731. The SMILES string of the molecule is CCC[C@H]1CC[C@H](C(=O)OC)N1C(=O)OC(C)(C)C. The molecule has 1 rings (SSSR count). The van der Waals surface area contributed by atoms with Crippen LogP contribution in [0.15, 0.2) is 0 Å². The molecule has 0 aliphatic carbocycles. The summed E-state index contributed by atoms with van der Waals surface area (Å²) < 4.78 is 10.2. The van der Waals surface area contributed by atoms with Gasteiger partial charge in [-0.25, -0.2) is 9.59 Å². The lowest BCUT2D eigenvalue weighted by Crippen LogP contribution is -2.47. The Kier molecular flexibility index (Phi) is 5.20. The number of carbonyl (C=O) groups is 2. The molecule has 1 heterocycles. The van der Waals surface area contributed by atoms with Crippen LogP contribution in [-0.2, 0) is 14.3 Å². The molecule has 0 saturated carbocycles. The predicted octanol–water partition coefficient (Wildman–Crippen LogP) is 2.73. The number of carbonyl (C=O) groups excluding carboxylic acids is 2. The Morgan fingerprint density at radius 2 is 1.89 bits per heavy atom. The monoisotopic (exact) mass is 271 g/mol. The number of esters is 1. The van der Waals surface area contributed by atoms with E-state index in [0.29, 0.717) is 6.42 Å². The van der Waals surface area contributed by atoms with Crippen molar-refractivity contribution in [2.24, 2.45) is 0 Å². The van der Waals surface area contributed by atoms with Gasteiger partial charge in [-0.1, -0.05) is 13.3 Å². The van der Waals surface area contributed by atoms with E-state index in [4.69, 9.17) is 9.47 Å². The van der Waals surface area contributed by atoms with E-state index in [1.54, 1.807) is 4.90 Å². The summed E-state index contributed by atoms with van der Waals surface area (Å²) in [5, 5.41) is 0. The third-order valence-electron chi connectivity index (χ3n) is 3.20. The van der Waals surface area contributed by atoms with Crippen molar-refractivity contribution in [2.75, 3.05) is 7.11 Å². The maximum atomic E-state index is 12.3. The molecule has 0 radical (unpaired) electrons. The molecule has 0 unspecified atom stereocenters. The third kappa shape index (κ3) is 4.11. The van der Waals surface area contributed by atoms with Crippen molar-refractivity contribution in [1.82, 2.24) is 4.90 Å². The van der Waals surface area contributed by atoms with Gasteiger partial charge >= 0.3 is 12.1 Å². The van der Waals surface area contributed by atoms with Crippen molar-refractivity contribution < 1.29 is 19.1 Å². The number of nitrogens with zero attached hydrogens (tertiary/aromatic N) is 1. The fourth-order valence-electron chi connectivity index (χ4n) is 2.46. The molecule has 5 heteroatoms. The summed E-state index contributed by atoms with van der Waals surface area (Å²) in [7, 11) is 1.35. The Labute approximate surface area is 115 Å². The van der Waals surface area contributed by atoms with Crippen molar-refractivity contribution in [3.05, 3.63) is 0 Å². The Hall–Kier alpha value is -1.26. The summed E-state index contributed by atoms with van der Waals surface area (Å²) in [5.41, 5.74) is -0.558. The van der Waals surface area contributed by atoms with Crippen molar-refractivity contribution in [3.8, 4) is 0 Å². The molecule has 2 atom stereocenters. The standard InChI is InChI=1S/C14H25NO4/c1-6-7-10-8-9-11(12(16)18-5)15(10)13(17)19-14(2,3)4/h10-11H,6-9H2,1-5H3/t10-,11+/m0/s1. The summed E-state index contributed by atoms with van der Waals surface area (Å²) in [4.78, 5) is 25.6. The molecule has 1 fully saturated rings. The third-order valence-corrected chi connectivity index (χ3v) is 3.20. The highest BCUT2D eigenvalue weighted by Gasteiger charge is 2.42. The molecular formula is C14H25NO4. The van der Waals surface area contributed by atoms with Crippen molar-refractivity contribution >= 4 is 12.1 Å². The molecule has 0 aromatic rings. The topological polar surface area (TPSA) is 55.8 Å². The van der Waals surface area contributed by atoms with E-state index < -0.39 is 17.7 Å². The molecule has 0 spiro atoms. The summed E-state index contributed by atoms with van der Waals surface area (Å²) >= 11 is 0. The van der Waals surface area contributed by atoms with Crippen LogP contribution >= 0.6 is 0 Å². The van der Waals surface area contributed by atoms with Crippen molar-refractivity contribution in [1.29, 1.82) is 0 Å². The van der Waals surface area contributed by atoms with Crippen LogP contribution < -0.4 is 0 Å². The Bertz CT molecular complexity index is 335. The van der Waals surface area contributed by atoms with Crippen molar-refractivity contribution in [3.63, 3.8) is 0 Å². The van der Waals surface area contributed by atoms with E-state index in [1.807, 2.05) is 20.8 Å². The van der Waals surface area contributed by atoms with E-state index in [2.05, 4.69) is 6.92 Å². The van der Waals surface area contributed by atoms with Crippen LogP contribution in [0.2, 0.25) is 0 Å². The van der Waals surface area contributed by atoms with E-state index in [-0.39, 0.29) is 12.0 Å². The highest BCUT2D eigenvalue weighted by molar-refractivity contribution is 5.82. The van der Waals surface area contributed by atoms with E-state index in [9.17, 15) is 9.59 Å². The molecule has 1 saturated heterocycles. The number of methoxy groups -OCH3 is 1. The fraction of sp³-hybridized carbons (Fsp3) is 0.857. The summed E-state index contributed by atoms with van der Waals surface area (Å²) in [6, 6.07) is -0.430. The van der Waals surface area contributed by atoms with Crippen LogP contribution in [0.5, 0.6) is 0 Å². The number of rotatable bonds is 3. The van der Waals surface area contributed by atoms with E-state index >= 15 is 0 Å². The van der Waals surface area contributed by atoms with Gasteiger partial charge in [-0.15, -0.1) is 0 Å². The first-order valence-electron chi connectivity index (χ1n) is 6.89. The van der Waals surface area contributed by atoms with E-state index in [1.165, 1.54) is 7.11 Å². The number of amides is 1. The summed E-state index contributed by atoms with van der Waals surface area (Å²) in [5.74, 6) is -0.357. The lowest BCUT2D eigenvalue weighted by molar-refractivity contribution is -0.146. The van der Waals surface area contributed by atoms with Gasteiger partial charge in [-0.2, -0.15) is 0 Å². The first-order chi connectivity index (χ1) is 8.80. The lowest BCUT2D eigenvalue weighted by atomic mass is 10.1. The van der Waals surface area contributed by atoms with Gasteiger partial charge in [0.2, 0.25) is 0 Å². The first kappa shape index (κ1) is 15.8. The van der Waals surface area contributed by atoms with E-state index in [0.717, 1.165) is 19.3 Å². The van der Waals surface area contributed by atoms with Gasteiger partial charge in [0.15, 0.2) is 0 Å². The van der Waals surface area contributed by atoms with Crippen LogP contribution in [0.25, 0.3) is 0 Å². The van der Waals surface area contributed by atoms with Gasteiger partial charge in [-0.05, 0) is 40.0 Å². The van der Waals surface area contributed by atoms with Gasteiger partial charge in [0.05, 0.1) is 7.11 Å². The summed E-state index contributed by atoms with van der Waals surface area (Å²) in [6.45, 7) is 7.54. The zero-order chi connectivity index (χ0) is 14.6. The second-order valence-corrected chi connectivity index (χ2v) is 5.95. The zero-order valence-electron chi connectivity index (χ0n) is 12.6. The highest BCUT2D eigenvalue weighted by Crippen LogP contribution is 2.29. The lowest BCUT2D eigenvalue weighted by Gasteiger charge is -2.31. The average Bonchev–Trinajstić information content (AvgIpc) is 2.70. The van der Waals surface area contributed by atoms with Crippen LogP contribution in [0.4, 0.5) is 4.79 Å². The molecule has 0 bridgehead atoms. The maximum Gasteiger partial charge on any atom is 0.411 e. The molecular weight excluding hydrogens is 246 g/mol. The van der Waals surface area contributed by atoms with Gasteiger partial charge in [0.25, 0.3) is 0 Å². The van der Waals surface area contributed by atoms with Gasteiger partial charge in [0, 0.05) is 6.04 Å². The van der Waals surface area contributed by atoms with Crippen LogP contribution in [0.3, 0.4) is 0 Å². The number of ether oxygens (including phenoxy) is 2. The first-order valence-corrected chi connectivity index (χ1v) is 6.89. The second-order valence-electron chi connectivity index (χ2n) is 5.95. The molecule has 0 aromatic heterocycles. The predicted molar refractivity (Wildman–Crippen MR) is 71.8 cm³/mol. The normalized spacial score (nSPS) is 23.3. The molecule has 110 valence electrons. The minimum atomic E-state index is -0.558. The van der Waals surface area contributed by atoms with Gasteiger partial charge in [-0.3, -0.25) is 4.90 Å². The Morgan fingerprint density at radius 1 is 1.26 bits per heavy atom. The zero-order valence-corrected chi connectivity index (χ0v) is 12.6. The Balaban J connectivity index is 2.85. The molecule has 1 aliphatic rings. The molecule has 0 N–H and O–H groups in total. The largest absolute Gasteiger partial charge is 0.467 e. The second kappa shape index (κ2) is 6.26. The highest BCUT2D eigenvalue weighted by atomic mass is 16.6. The number of hydrogen-bond donors (Lipinski definition) is 0. The quantitative estimate of drug-likeness (QED) is 0.741. The Morgan fingerprint density at radius 3 is 2.37 bits per heavy atom. The van der Waals surface area contributed by atoms with Crippen LogP contribution in [0, 0.1) is 0 Å². The average molecular weight is 271 g/mol. The minimum Gasteiger partial charge on any atom is -0.467 e. The fourth-order valence-corrected chi connectivity index (χ4v) is 2.46. The van der Waals surface area contributed by atoms with Crippen molar-refractivity contribution in [2.45, 2.75) is 71.1 Å². The number of hydrogen-bond acceptors (Lipinski definition) is 4. The molecule has 0 aromatic carbocycles. The van der Waals surface area contributed by atoms with Crippen LogP contribution in [-0.4, -0.2) is 41.8 Å². The van der Waals surface area contributed by atoms with Gasteiger partial charge < -0.3 is 9.47 Å². The molecule has 5 nitrogen and oxygen atoms in total. The maximum absolute atomic E-state index is 12.3. The summed E-state index contributed by atoms with van der Waals surface area (Å²) in [6.07, 6.45) is 2.91. The van der Waals surface area contributed by atoms with Gasteiger partial charge in [0.1, 0.15) is 11.6 Å². The van der Waals surface area contributed by atoms with Crippen LogP contribution in [0.1, 0.15) is 53.4 Å². The molecule has 19 heavy (non-hydrogen) atoms. The molecule has 1 aliphatic heterocycles.